The van der Waals surface area contributed by atoms with Gasteiger partial charge in [0.1, 0.15) is 5.82 Å². The Morgan fingerprint density at radius 3 is 2.69 bits per heavy atom. The number of halogens is 1. The Labute approximate surface area is 194 Å². The van der Waals surface area contributed by atoms with Crippen LogP contribution in [0.2, 0.25) is 0 Å². The van der Waals surface area contributed by atoms with Crippen molar-refractivity contribution in [3.05, 3.63) is 70.5 Å². The summed E-state index contributed by atoms with van der Waals surface area (Å²) < 4.78 is 15.9. The molecule has 0 aliphatic carbocycles. The minimum atomic E-state index is -0.334. The smallest absolute Gasteiger partial charge is 0.230 e. The van der Waals surface area contributed by atoms with Crippen molar-refractivity contribution in [3.8, 4) is 11.4 Å². The molecule has 0 saturated heterocycles. The lowest BCUT2D eigenvalue weighted by Crippen LogP contribution is -2.23. The van der Waals surface area contributed by atoms with Crippen molar-refractivity contribution in [2.24, 2.45) is 7.05 Å². The number of carbonyl (C=O) groups is 1. The van der Waals surface area contributed by atoms with E-state index in [0.29, 0.717) is 27.4 Å². The molecule has 4 rings (SSSR count). The summed E-state index contributed by atoms with van der Waals surface area (Å²) in [5, 5.41) is 11.6. The van der Waals surface area contributed by atoms with Gasteiger partial charge >= 0.3 is 0 Å². The van der Waals surface area contributed by atoms with Crippen LogP contribution >= 0.6 is 23.1 Å². The van der Waals surface area contributed by atoms with Crippen LogP contribution in [0, 0.1) is 19.7 Å². The Hall–Kier alpha value is -3.04. The van der Waals surface area contributed by atoms with Gasteiger partial charge < -0.3 is 4.57 Å². The fourth-order valence-corrected chi connectivity index (χ4v) is 5.17. The van der Waals surface area contributed by atoms with Crippen molar-refractivity contribution in [1.82, 2.24) is 19.7 Å². The van der Waals surface area contributed by atoms with Gasteiger partial charge in [-0.15, -0.1) is 21.5 Å². The molecule has 9 heteroatoms. The molecule has 2 aromatic carbocycles. The number of thioether (sulfide) groups is 1. The first-order valence-electron chi connectivity index (χ1n) is 9.94. The normalized spacial score (nSPS) is 11.0. The molecule has 6 nitrogen and oxygen atoms in total. The average Bonchev–Trinajstić information content (AvgIpc) is 3.35. The molecule has 1 amide bonds. The lowest BCUT2D eigenvalue weighted by atomic mass is 10.1. The number of rotatable bonds is 6. The maximum Gasteiger partial charge on any atom is 0.230 e. The number of aromatic nitrogens is 4. The Bertz CT molecular complexity index is 1280. The summed E-state index contributed by atoms with van der Waals surface area (Å²) in [7, 11) is 1.81. The van der Waals surface area contributed by atoms with E-state index in [2.05, 4.69) is 21.2 Å². The number of thiazole rings is 1. The topological polar surface area (TPSA) is 63.9 Å². The van der Waals surface area contributed by atoms with E-state index in [0.717, 1.165) is 22.5 Å². The highest BCUT2D eigenvalue weighted by atomic mass is 32.2. The average molecular weight is 468 g/mol. The fraction of sp³-hybridized carbons (Fsp3) is 0.217. The molecule has 0 spiro atoms. The SMILES string of the molecule is CC(=O)N(c1nc(CSc2nnc(-c3ccccc3F)n2C)cs1)c1ccc(C)cc1C. The van der Waals surface area contributed by atoms with Crippen LogP contribution < -0.4 is 4.90 Å². The first kappa shape index (κ1) is 22.2. The molecule has 0 aliphatic rings. The zero-order valence-electron chi connectivity index (χ0n) is 18.2. The van der Waals surface area contributed by atoms with Gasteiger partial charge in [0, 0.05) is 25.1 Å². The summed E-state index contributed by atoms with van der Waals surface area (Å²) in [4.78, 5) is 18.7. The molecule has 0 N–H and O–H groups in total. The molecule has 0 atom stereocenters. The molecule has 164 valence electrons. The van der Waals surface area contributed by atoms with Crippen LogP contribution in [-0.4, -0.2) is 25.7 Å². The van der Waals surface area contributed by atoms with Crippen LogP contribution in [0.25, 0.3) is 11.4 Å². The zero-order chi connectivity index (χ0) is 22.8. The summed E-state index contributed by atoms with van der Waals surface area (Å²) in [5.74, 6) is 0.605. The van der Waals surface area contributed by atoms with Crippen molar-refractivity contribution in [3.63, 3.8) is 0 Å². The van der Waals surface area contributed by atoms with E-state index in [1.54, 1.807) is 34.6 Å². The first-order valence-corrected chi connectivity index (χ1v) is 11.8. The molecular formula is C23H22FN5OS2. The summed E-state index contributed by atoms with van der Waals surface area (Å²) in [6.45, 7) is 5.56. The molecule has 0 unspecified atom stereocenters. The van der Waals surface area contributed by atoms with Crippen LogP contribution in [0.4, 0.5) is 15.2 Å². The molecule has 0 bridgehead atoms. The molecule has 0 aliphatic heterocycles. The third-order valence-corrected chi connectivity index (χ3v) is 6.87. The lowest BCUT2D eigenvalue weighted by Gasteiger charge is -2.20. The molecule has 0 saturated carbocycles. The fourth-order valence-electron chi connectivity index (χ4n) is 3.39. The maximum absolute atomic E-state index is 14.1. The number of benzene rings is 2. The van der Waals surface area contributed by atoms with Crippen molar-refractivity contribution in [2.45, 2.75) is 31.7 Å². The number of anilines is 2. The largest absolute Gasteiger partial charge is 0.305 e. The number of nitrogens with zero attached hydrogens (tertiary/aromatic N) is 5. The van der Waals surface area contributed by atoms with E-state index in [9.17, 15) is 9.18 Å². The van der Waals surface area contributed by atoms with Gasteiger partial charge in [0.15, 0.2) is 16.1 Å². The highest BCUT2D eigenvalue weighted by Crippen LogP contribution is 2.33. The molecule has 32 heavy (non-hydrogen) atoms. The Morgan fingerprint density at radius 2 is 1.97 bits per heavy atom. The van der Waals surface area contributed by atoms with Crippen LogP contribution in [0.1, 0.15) is 23.7 Å². The zero-order valence-corrected chi connectivity index (χ0v) is 19.8. The first-order chi connectivity index (χ1) is 15.3. The van der Waals surface area contributed by atoms with Gasteiger partial charge in [-0.05, 0) is 37.6 Å². The van der Waals surface area contributed by atoms with Gasteiger partial charge in [0.05, 0.1) is 16.9 Å². The number of hydrogen-bond acceptors (Lipinski definition) is 6. The van der Waals surface area contributed by atoms with Gasteiger partial charge in [-0.25, -0.2) is 9.37 Å². The van der Waals surface area contributed by atoms with E-state index in [1.165, 1.54) is 29.2 Å². The summed E-state index contributed by atoms with van der Waals surface area (Å²) >= 11 is 2.89. The molecule has 4 aromatic rings. The minimum absolute atomic E-state index is 0.0895. The van der Waals surface area contributed by atoms with Gasteiger partial charge in [-0.2, -0.15) is 0 Å². The Morgan fingerprint density at radius 1 is 1.19 bits per heavy atom. The third kappa shape index (κ3) is 4.44. The van der Waals surface area contributed by atoms with Crippen molar-refractivity contribution in [2.75, 3.05) is 4.90 Å². The number of amides is 1. The van der Waals surface area contributed by atoms with Gasteiger partial charge in [0.2, 0.25) is 5.91 Å². The van der Waals surface area contributed by atoms with Crippen LogP contribution in [-0.2, 0) is 17.6 Å². The lowest BCUT2D eigenvalue weighted by molar-refractivity contribution is -0.115. The highest BCUT2D eigenvalue weighted by Gasteiger charge is 2.20. The summed E-state index contributed by atoms with van der Waals surface area (Å²) in [5.41, 5.74) is 4.24. The van der Waals surface area contributed by atoms with E-state index in [1.807, 2.05) is 38.4 Å². The van der Waals surface area contributed by atoms with E-state index in [4.69, 9.17) is 0 Å². The number of carbonyl (C=O) groups excluding carboxylic acids is 1. The van der Waals surface area contributed by atoms with Gasteiger partial charge in [-0.3, -0.25) is 9.69 Å². The molecular weight excluding hydrogens is 445 g/mol. The van der Waals surface area contributed by atoms with E-state index < -0.39 is 0 Å². The van der Waals surface area contributed by atoms with Crippen LogP contribution in [0.15, 0.2) is 53.0 Å². The Balaban J connectivity index is 1.52. The number of aryl methyl sites for hydroxylation is 2. The molecule has 2 aromatic heterocycles. The predicted molar refractivity (Wildman–Crippen MR) is 127 cm³/mol. The van der Waals surface area contributed by atoms with Crippen molar-refractivity contribution >= 4 is 39.8 Å². The van der Waals surface area contributed by atoms with Crippen molar-refractivity contribution < 1.29 is 9.18 Å². The summed E-state index contributed by atoms with van der Waals surface area (Å²) in [6, 6.07) is 12.5. The number of hydrogen-bond donors (Lipinski definition) is 0. The second-order valence-corrected chi connectivity index (χ2v) is 9.18. The monoisotopic (exact) mass is 467 g/mol. The predicted octanol–water partition coefficient (Wildman–Crippen LogP) is 5.67. The van der Waals surface area contributed by atoms with E-state index in [-0.39, 0.29) is 11.7 Å². The van der Waals surface area contributed by atoms with Crippen LogP contribution in [0.5, 0.6) is 0 Å². The van der Waals surface area contributed by atoms with Gasteiger partial charge in [-0.1, -0.05) is 41.6 Å². The second-order valence-electron chi connectivity index (χ2n) is 7.40. The quantitative estimate of drug-likeness (QED) is 0.342. The van der Waals surface area contributed by atoms with E-state index >= 15 is 0 Å². The maximum atomic E-state index is 14.1. The van der Waals surface area contributed by atoms with Gasteiger partial charge in [0.25, 0.3) is 0 Å². The highest BCUT2D eigenvalue weighted by molar-refractivity contribution is 7.98. The standard InChI is InChI=1S/C23H22FN5OS2/c1-14-9-10-20(15(2)11-14)29(16(3)30)22-25-17(12-31-22)13-32-23-27-26-21(28(23)4)18-7-5-6-8-19(18)24/h5-12H,13H2,1-4H3. The molecule has 2 heterocycles. The van der Waals surface area contributed by atoms with Crippen LogP contribution in [0.3, 0.4) is 0 Å². The Kier molecular flexibility index (Phi) is 6.38. The molecule has 0 radical (unpaired) electrons. The summed E-state index contributed by atoms with van der Waals surface area (Å²) in [6.07, 6.45) is 0. The minimum Gasteiger partial charge on any atom is -0.305 e. The third-order valence-electron chi connectivity index (χ3n) is 4.94. The second kappa shape index (κ2) is 9.22. The molecule has 0 fully saturated rings. The van der Waals surface area contributed by atoms with Crippen molar-refractivity contribution in [1.29, 1.82) is 0 Å².